The lowest BCUT2D eigenvalue weighted by molar-refractivity contribution is -0.131. The van der Waals surface area contributed by atoms with Crippen molar-refractivity contribution in [1.29, 1.82) is 0 Å². The van der Waals surface area contributed by atoms with Gasteiger partial charge in [0.2, 0.25) is 5.91 Å². The van der Waals surface area contributed by atoms with Gasteiger partial charge in [-0.25, -0.2) is 4.79 Å². The summed E-state index contributed by atoms with van der Waals surface area (Å²) in [5.74, 6) is -1.53. The minimum atomic E-state index is -1.68. The molecule has 92 valence electrons. The lowest BCUT2D eigenvalue weighted by atomic mass is 10.0. The van der Waals surface area contributed by atoms with Gasteiger partial charge in [0.05, 0.1) is 12.7 Å². The van der Waals surface area contributed by atoms with E-state index in [-0.39, 0.29) is 5.56 Å². The summed E-state index contributed by atoms with van der Waals surface area (Å²) in [7, 11) is 1.25. The summed E-state index contributed by atoms with van der Waals surface area (Å²) >= 11 is 0. The van der Waals surface area contributed by atoms with Gasteiger partial charge in [0, 0.05) is 0 Å². The van der Waals surface area contributed by atoms with Crippen LogP contribution in [0.1, 0.15) is 22.0 Å². The summed E-state index contributed by atoms with van der Waals surface area (Å²) < 4.78 is 4.50. The van der Waals surface area contributed by atoms with E-state index >= 15 is 0 Å². The molecule has 0 heterocycles. The summed E-state index contributed by atoms with van der Waals surface area (Å²) in [5, 5.41) is 18.8. The molecule has 0 bridgehead atoms. The van der Waals surface area contributed by atoms with E-state index < -0.39 is 24.1 Å². The molecule has 1 rings (SSSR count). The Morgan fingerprint density at radius 2 is 1.76 bits per heavy atom. The third kappa shape index (κ3) is 3.02. The normalized spacial score (nSPS) is 13.8. The van der Waals surface area contributed by atoms with E-state index in [0.717, 1.165) is 0 Å². The molecule has 1 aromatic carbocycles. The number of carbonyl (C=O) groups excluding carboxylic acids is 2. The average Bonchev–Trinajstić information content (AvgIpc) is 2.36. The molecular formula is C11H13NO5. The molecule has 0 fully saturated rings. The molecule has 17 heavy (non-hydrogen) atoms. The third-order valence-electron chi connectivity index (χ3n) is 2.26. The molecule has 0 radical (unpaired) electrons. The fourth-order valence-electron chi connectivity index (χ4n) is 1.27. The smallest absolute Gasteiger partial charge is 0.337 e. The van der Waals surface area contributed by atoms with Crippen LogP contribution in [0.5, 0.6) is 0 Å². The number of hydrogen-bond acceptors (Lipinski definition) is 5. The minimum Gasteiger partial charge on any atom is -0.465 e. The van der Waals surface area contributed by atoms with E-state index in [0.29, 0.717) is 5.56 Å². The maximum absolute atomic E-state index is 11.1. The fourth-order valence-corrected chi connectivity index (χ4v) is 1.27. The largest absolute Gasteiger partial charge is 0.465 e. The van der Waals surface area contributed by atoms with E-state index in [1.54, 1.807) is 0 Å². The Balaban J connectivity index is 2.87. The van der Waals surface area contributed by atoms with E-state index in [9.17, 15) is 19.8 Å². The van der Waals surface area contributed by atoms with Gasteiger partial charge in [0.15, 0.2) is 6.10 Å². The van der Waals surface area contributed by atoms with Gasteiger partial charge in [-0.3, -0.25) is 4.79 Å². The third-order valence-corrected chi connectivity index (χ3v) is 2.26. The molecule has 0 saturated carbocycles. The van der Waals surface area contributed by atoms with Crippen LogP contribution in [0.3, 0.4) is 0 Å². The quantitative estimate of drug-likeness (QED) is 0.605. The van der Waals surface area contributed by atoms with Crippen molar-refractivity contribution >= 4 is 11.9 Å². The first-order valence-corrected chi connectivity index (χ1v) is 4.81. The van der Waals surface area contributed by atoms with Gasteiger partial charge in [-0.15, -0.1) is 0 Å². The highest BCUT2D eigenvalue weighted by Crippen LogP contribution is 2.17. The fraction of sp³-hybridized carbons (Fsp3) is 0.273. The first-order chi connectivity index (χ1) is 7.97. The number of methoxy groups -OCH3 is 1. The van der Waals surface area contributed by atoms with Crippen molar-refractivity contribution in [3.8, 4) is 0 Å². The van der Waals surface area contributed by atoms with E-state index in [4.69, 9.17) is 5.73 Å². The number of aliphatic hydroxyl groups is 2. The molecule has 0 aromatic heterocycles. The van der Waals surface area contributed by atoms with Crippen molar-refractivity contribution in [2.24, 2.45) is 5.73 Å². The molecule has 4 N–H and O–H groups in total. The maximum Gasteiger partial charge on any atom is 0.337 e. The van der Waals surface area contributed by atoms with Gasteiger partial charge in [0.1, 0.15) is 6.10 Å². The topological polar surface area (TPSA) is 110 Å². The Kier molecular flexibility index (Phi) is 4.19. The van der Waals surface area contributed by atoms with Crippen LogP contribution >= 0.6 is 0 Å². The molecule has 1 aromatic rings. The monoisotopic (exact) mass is 239 g/mol. The molecule has 6 nitrogen and oxygen atoms in total. The van der Waals surface area contributed by atoms with Gasteiger partial charge in [0.25, 0.3) is 0 Å². The Morgan fingerprint density at radius 1 is 1.24 bits per heavy atom. The SMILES string of the molecule is COC(=O)c1ccc(C(O)C(O)C(N)=O)cc1. The Morgan fingerprint density at radius 3 is 2.18 bits per heavy atom. The first kappa shape index (κ1) is 13.1. The number of esters is 1. The Labute approximate surface area is 97.6 Å². The van der Waals surface area contributed by atoms with Crippen LogP contribution < -0.4 is 5.73 Å². The highest BCUT2D eigenvalue weighted by atomic mass is 16.5. The Bertz CT molecular complexity index is 414. The van der Waals surface area contributed by atoms with Crippen molar-refractivity contribution in [2.75, 3.05) is 7.11 Å². The van der Waals surface area contributed by atoms with Gasteiger partial charge in [-0.2, -0.15) is 0 Å². The minimum absolute atomic E-state index is 0.281. The lowest BCUT2D eigenvalue weighted by Gasteiger charge is -2.15. The second-order valence-corrected chi connectivity index (χ2v) is 3.41. The summed E-state index contributed by atoms with van der Waals surface area (Å²) in [5.41, 5.74) is 5.44. The highest BCUT2D eigenvalue weighted by molar-refractivity contribution is 5.89. The van der Waals surface area contributed by atoms with Crippen LogP contribution in [-0.4, -0.2) is 35.3 Å². The summed E-state index contributed by atoms with van der Waals surface area (Å²) in [6.07, 6.45) is -3.10. The van der Waals surface area contributed by atoms with Crippen LogP contribution in [0.4, 0.5) is 0 Å². The number of benzene rings is 1. The number of primary amides is 1. The zero-order chi connectivity index (χ0) is 13.0. The molecular weight excluding hydrogens is 226 g/mol. The summed E-state index contributed by atoms with van der Waals surface area (Å²) in [6.45, 7) is 0. The number of hydrogen-bond donors (Lipinski definition) is 3. The Hall–Kier alpha value is -1.92. The number of carbonyl (C=O) groups is 2. The van der Waals surface area contributed by atoms with E-state index in [2.05, 4.69) is 4.74 Å². The first-order valence-electron chi connectivity index (χ1n) is 4.81. The zero-order valence-corrected chi connectivity index (χ0v) is 9.16. The lowest BCUT2D eigenvalue weighted by Crippen LogP contribution is -2.33. The van der Waals surface area contributed by atoms with Gasteiger partial charge in [-0.05, 0) is 17.7 Å². The number of aliphatic hydroxyl groups excluding tert-OH is 2. The standard InChI is InChI=1S/C11H13NO5/c1-17-11(16)7-4-2-6(3-5-7)8(13)9(14)10(12)15/h2-5,8-9,13-14H,1H3,(H2,12,15). The van der Waals surface area contributed by atoms with Crippen molar-refractivity contribution < 1.29 is 24.5 Å². The average molecular weight is 239 g/mol. The van der Waals surface area contributed by atoms with Crippen molar-refractivity contribution in [1.82, 2.24) is 0 Å². The number of rotatable bonds is 4. The molecule has 0 aliphatic rings. The van der Waals surface area contributed by atoms with Crippen LogP contribution in [0, 0.1) is 0 Å². The zero-order valence-electron chi connectivity index (χ0n) is 9.16. The van der Waals surface area contributed by atoms with Crippen LogP contribution in [0.25, 0.3) is 0 Å². The van der Waals surface area contributed by atoms with Gasteiger partial charge >= 0.3 is 5.97 Å². The molecule has 0 spiro atoms. The summed E-state index contributed by atoms with van der Waals surface area (Å²) in [4.78, 5) is 21.8. The molecule has 0 aliphatic heterocycles. The predicted molar refractivity (Wildman–Crippen MR) is 57.9 cm³/mol. The second-order valence-electron chi connectivity index (χ2n) is 3.41. The van der Waals surface area contributed by atoms with Crippen molar-refractivity contribution in [3.05, 3.63) is 35.4 Å². The molecule has 0 aliphatic carbocycles. The second kappa shape index (κ2) is 5.42. The number of amides is 1. The number of nitrogens with two attached hydrogens (primary N) is 1. The van der Waals surface area contributed by atoms with Crippen LogP contribution in [0.2, 0.25) is 0 Å². The highest BCUT2D eigenvalue weighted by Gasteiger charge is 2.23. The van der Waals surface area contributed by atoms with Gasteiger partial charge < -0.3 is 20.7 Å². The molecule has 2 unspecified atom stereocenters. The predicted octanol–water partition coefficient (Wildman–Crippen LogP) is -0.647. The van der Waals surface area contributed by atoms with Crippen molar-refractivity contribution in [2.45, 2.75) is 12.2 Å². The van der Waals surface area contributed by atoms with Crippen LogP contribution in [0.15, 0.2) is 24.3 Å². The van der Waals surface area contributed by atoms with Gasteiger partial charge in [-0.1, -0.05) is 12.1 Å². The molecule has 1 amide bonds. The summed E-state index contributed by atoms with van der Waals surface area (Å²) in [6, 6.07) is 5.64. The van der Waals surface area contributed by atoms with E-state index in [1.165, 1.54) is 31.4 Å². The maximum atomic E-state index is 11.1. The number of ether oxygens (including phenoxy) is 1. The molecule has 2 atom stereocenters. The van der Waals surface area contributed by atoms with Crippen LogP contribution in [-0.2, 0) is 9.53 Å². The molecule has 0 saturated heterocycles. The molecule has 6 heteroatoms. The van der Waals surface area contributed by atoms with E-state index in [1.807, 2.05) is 0 Å². The van der Waals surface area contributed by atoms with Crippen molar-refractivity contribution in [3.63, 3.8) is 0 Å².